The number of benzene rings is 1. The molecule has 1 aromatic carbocycles. The molecule has 1 amide bonds. The first-order chi connectivity index (χ1) is 16.0. The second-order valence-corrected chi connectivity index (χ2v) is 13.2. The zero-order valence-corrected chi connectivity index (χ0v) is 23.4. The highest BCUT2D eigenvalue weighted by molar-refractivity contribution is 7.89. The van der Waals surface area contributed by atoms with Gasteiger partial charge in [0, 0.05) is 18.7 Å². The van der Waals surface area contributed by atoms with E-state index in [-0.39, 0.29) is 15.5 Å². The number of ether oxygens (including phenoxy) is 2. The van der Waals surface area contributed by atoms with E-state index in [0.717, 1.165) is 25.7 Å². The smallest absolute Gasteiger partial charge is 0.331 e. The highest BCUT2D eigenvalue weighted by atomic mass is 35.5. The minimum Gasteiger partial charge on any atom is -0.458 e. The standard InChI is InChI=1S/C25H39ClN2O6S/c1-17(33-24(2,3)4)21(23(30)34-25(5,6)7)27-22(29)18-12-13-19(26)20(16-18)35(31,32)28-14-10-8-9-11-15-28/h12-13,16-17,21H,8-11,14-15H2,1-7H3,(H,27,29)/t17-,21-/m0/s1. The van der Waals surface area contributed by atoms with E-state index in [4.69, 9.17) is 21.1 Å². The maximum absolute atomic E-state index is 13.3. The lowest BCUT2D eigenvalue weighted by atomic mass is 10.1. The number of hydrogen-bond donors (Lipinski definition) is 1. The van der Waals surface area contributed by atoms with Crippen LogP contribution in [-0.2, 0) is 24.3 Å². The van der Waals surface area contributed by atoms with Gasteiger partial charge in [-0.25, -0.2) is 13.2 Å². The van der Waals surface area contributed by atoms with Crippen LogP contribution in [0, 0.1) is 0 Å². The Morgan fingerprint density at radius 2 is 1.57 bits per heavy atom. The molecule has 1 aromatic rings. The molecular weight excluding hydrogens is 492 g/mol. The summed E-state index contributed by atoms with van der Waals surface area (Å²) in [7, 11) is -3.88. The second kappa shape index (κ2) is 11.6. The first-order valence-corrected chi connectivity index (χ1v) is 13.8. The molecule has 8 nitrogen and oxygen atoms in total. The van der Waals surface area contributed by atoms with Gasteiger partial charge in [-0.05, 0) is 79.5 Å². The van der Waals surface area contributed by atoms with Crippen LogP contribution in [0.25, 0.3) is 0 Å². The van der Waals surface area contributed by atoms with E-state index in [1.54, 1.807) is 27.7 Å². The number of nitrogens with zero attached hydrogens (tertiary/aromatic N) is 1. The Morgan fingerprint density at radius 3 is 2.09 bits per heavy atom. The van der Waals surface area contributed by atoms with Crippen molar-refractivity contribution in [2.45, 2.75) is 102 Å². The molecule has 1 saturated heterocycles. The van der Waals surface area contributed by atoms with Gasteiger partial charge in [0.25, 0.3) is 5.91 Å². The molecule has 10 heteroatoms. The molecule has 0 aromatic heterocycles. The molecule has 0 unspecified atom stereocenters. The minimum absolute atomic E-state index is 0.0407. The molecule has 1 aliphatic heterocycles. The highest BCUT2D eigenvalue weighted by Gasteiger charge is 2.35. The molecule has 0 aliphatic carbocycles. The number of esters is 1. The zero-order valence-electron chi connectivity index (χ0n) is 21.8. The third kappa shape index (κ3) is 8.74. The van der Waals surface area contributed by atoms with Gasteiger partial charge in [0.2, 0.25) is 10.0 Å². The first kappa shape index (κ1) is 29.5. The lowest BCUT2D eigenvalue weighted by molar-refractivity contribution is -0.164. The van der Waals surface area contributed by atoms with Gasteiger partial charge in [0.1, 0.15) is 10.5 Å². The molecule has 1 heterocycles. The van der Waals surface area contributed by atoms with Crippen molar-refractivity contribution < 1.29 is 27.5 Å². The summed E-state index contributed by atoms with van der Waals surface area (Å²) < 4.78 is 39.5. The minimum atomic E-state index is -3.88. The van der Waals surface area contributed by atoms with Crippen molar-refractivity contribution in [2.75, 3.05) is 13.1 Å². The third-order valence-corrected chi connectivity index (χ3v) is 7.71. The van der Waals surface area contributed by atoms with Crippen LogP contribution < -0.4 is 5.32 Å². The monoisotopic (exact) mass is 530 g/mol. The van der Waals surface area contributed by atoms with Crippen molar-refractivity contribution in [3.8, 4) is 0 Å². The Hall–Kier alpha value is -1.68. The van der Waals surface area contributed by atoms with Crippen molar-refractivity contribution in [3.63, 3.8) is 0 Å². The molecule has 0 bridgehead atoms. The fraction of sp³-hybridized carbons (Fsp3) is 0.680. The van der Waals surface area contributed by atoms with E-state index in [1.807, 2.05) is 20.8 Å². The first-order valence-electron chi connectivity index (χ1n) is 12.0. The van der Waals surface area contributed by atoms with Gasteiger partial charge in [-0.1, -0.05) is 24.4 Å². The van der Waals surface area contributed by atoms with Crippen LogP contribution >= 0.6 is 11.6 Å². The van der Waals surface area contributed by atoms with Crippen molar-refractivity contribution in [3.05, 3.63) is 28.8 Å². The Morgan fingerprint density at radius 1 is 1.00 bits per heavy atom. The average molecular weight is 531 g/mol. The molecule has 1 N–H and O–H groups in total. The van der Waals surface area contributed by atoms with Gasteiger partial charge in [0.05, 0.1) is 16.7 Å². The van der Waals surface area contributed by atoms with E-state index in [1.165, 1.54) is 22.5 Å². The van der Waals surface area contributed by atoms with E-state index < -0.39 is 45.2 Å². The van der Waals surface area contributed by atoms with Crippen molar-refractivity contribution in [2.24, 2.45) is 0 Å². The molecule has 0 radical (unpaired) electrons. The largest absolute Gasteiger partial charge is 0.458 e. The number of carbonyl (C=O) groups excluding carboxylic acids is 2. The number of carbonyl (C=O) groups is 2. The Balaban J connectivity index is 2.34. The normalized spacial score (nSPS) is 17.8. The molecule has 0 spiro atoms. The summed E-state index contributed by atoms with van der Waals surface area (Å²) in [6, 6.07) is 2.97. The van der Waals surface area contributed by atoms with Gasteiger partial charge < -0.3 is 14.8 Å². The average Bonchev–Trinajstić information content (AvgIpc) is 2.99. The highest BCUT2D eigenvalue weighted by Crippen LogP contribution is 2.28. The van der Waals surface area contributed by atoms with Crippen molar-refractivity contribution in [1.29, 1.82) is 0 Å². The number of rotatable bonds is 7. The van der Waals surface area contributed by atoms with E-state index in [9.17, 15) is 18.0 Å². The third-order valence-electron chi connectivity index (χ3n) is 5.33. The summed E-state index contributed by atoms with van der Waals surface area (Å²) in [5.74, 6) is -1.27. The van der Waals surface area contributed by atoms with Gasteiger partial charge in [0.15, 0.2) is 6.04 Å². The van der Waals surface area contributed by atoms with Crippen LogP contribution in [0.3, 0.4) is 0 Å². The van der Waals surface area contributed by atoms with Crippen molar-refractivity contribution >= 4 is 33.5 Å². The SMILES string of the molecule is C[C@H](OC(C)(C)C)[C@H](NC(=O)c1ccc(Cl)c(S(=O)(=O)N2CCCCCC2)c1)C(=O)OC(C)(C)C. The maximum Gasteiger partial charge on any atom is 0.331 e. The van der Waals surface area contributed by atoms with E-state index in [0.29, 0.717) is 13.1 Å². The Labute approximate surface area is 214 Å². The van der Waals surface area contributed by atoms with Crippen LogP contribution in [-0.4, -0.2) is 61.0 Å². The molecule has 198 valence electrons. The van der Waals surface area contributed by atoms with Gasteiger partial charge >= 0.3 is 5.97 Å². The molecule has 1 aliphatic rings. The van der Waals surface area contributed by atoms with E-state index >= 15 is 0 Å². The van der Waals surface area contributed by atoms with Crippen LogP contribution in [0.15, 0.2) is 23.1 Å². The fourth-order valence-electron chi connectivity index (χ4n) is 3.85. The lowest BCUT2D eigenvalue weighted by Gasteiger charge is -2.32. The van der Waals surface area contributed by atoms with E-state index in [2.05, 4.69) is 5.32 Å². The lowest BCUT2D eigenvalue weighted by Crippen LogP contribution is -2.52. The molecule has 1 fully saturated rings. The summed E-state index contributed by atoms with van der Waals surface area (Å²) in [5.41, 5.74) is -1.27. The summed E-state index contributed by atoms with van der Waals surface area (Å²) in [6.07, 6.45) is 2.80. The molecule has 2 rings (SSSR count). The van der Waals surface area contributed by atoms with Crippen LogP contribution in [0.1, 0.15) is 84.5 Å². The summed E-state index contributed by atoms with van der Waals surface area (Å²) in [6.45, 7) is 13.2. The molecule has 0 saturated carbocycles. The fourth-order valence-corrected chi connectivity index (χ4v) is 5.86. The van der Waals surface area contributed by atoms with Crippen molar-refractivity contribution in [1.82, 2.24) is 9.62 Å². The van der Waals surface area contributed by atoms with Crippen LogP contribution in [0.5, 0.6) is 0 Å². The number of sulfonamides is 1. The van der Waals surface area contributed by atoms with Crippen LogP contribution in [0.2, 0.25) is 5.02 Å². The van der Waals surface area contributed by atoms with Gasteiger partial charge in [-0.2, -0.15) is 4.31 Å². The maximum atomic E-state index is 13.3. The predicted molar refractivity (Wildman–Crippen MR) is 136 cm³/mol. The number of amides is 1. The van der Waals surface area contributed by atoms with Crippen LogP contribution in [0.4, 0.5) is 0 Å². The predicted octanol–water partition coefficient (Wildman–Crippen LogP) is 4.55. The quantitative estimate of drug-likeness (QED) is 0.519. The summed E-state index contributed by atoms with van der Waals surface area (Å²) >= 11 is 6.27. The van der Waals surface area contributed by atoms with Gasteiger partial charge in [-0.15, -0.1) is 0 Å². The second-order valence-electron chi connectivity index (χ2n) is 10.9. The molecular formula is C25H39ClN2O6S. The Kier molecular flexibility index (Phi) is 9.78. The summed E-state index contributed by atoms with van der Waals surface area (Å²) in [5, 5.41) is 2.72. The Bertz CT molecular complexity index is 1010. The topological polar surface area (TPSA) is 102 Å². The summed E-state index contributed by atoms with van der Waals surface area (Å²) in [4.78, 5) is 26.0. The number of nitrogens with one attached hydrogen (secondary N) is 1. The number of hydrogen-bond acceptors (Lipinski definition) is 6. The molecule has 35 heavy (non-hydrogen) atoms. The van der Waals surface area contributed by atoms with Gasteiger partial charge in [-0.3, -0.25) is 4.79 Å². The molecule has 2 atom stereocenters. The zero-order chi connectivity index (χ0) is 26.6. The number of halogens is 1.